The molecule has 0 amide bonds. The molecule has 0 unspecified atom stereocenters. The van der Waals surface area contributed by atoms with E-state index in [0.717, 1.165) is 78.5 Å². The Kier molecular flexibility index (Phi) is 14.8. The average Bonchev–Trinajstić information content (AvgIpc) is 3.95. The van der Waals surface area contributed by atoms with Gasteiger partial charge in [-0.3, -0.25) is 29.4 Å². The molecule has 304 valence electrons. The van der Waals surface area contributed by atoms with Crippen LogP contribution in [0.3, 0.4) is 0 Å². The van der Waals surface area contributed by atoms with Crippen molar-refractivity contribution in [2.24, 2.45) is 0 Å². The van der Waals surface area contributed by atoms with Gasteiger partial charge in [0.2, 0.25) is 0 Å². The lowest BCUT2D eigenvalue weighted by Crippen LogP contribution is -2.20. The lowest BCUT2D eigenvalue weighted by Gasteiger charge is -2.17. The molecule has 0 aromatic carbocycles. The number of fused-ring (bicyclic) bond motifs is 12. The van der Waals surface area contributed by atoms with Gasteiger partial charge in [-0.15, -0.1) is 0 Å². The summed E-state index contributed by atoms with van der Waals surface area (Å²) >= 11 is 0. The van der Waals surface area contributed by atoms with E-state index in [1.807, 2.05) is 0 Å². The van der Waals surface area contributed by atoms with E-state index in [0.29, 0.717) is 0 Å². The van der Waals surface area contributed by atoms with E-state index in [4.69, 9.17) is 0 Å². The van der Waals surface area contributed by atoms with Gasteiger partial charge in [0.1, 0.15) is 0 Å². The highest BCUT2D eigenvalue weighted by atomic mass is 16.0. The van der Waals surface area contributed by atoms with E-state index in [2.05, 4.69) is 174 Å². The summed E-state index contributed by atoms with van der Waals surface area (Å²) in [7, 11) is 13.0. The molecule has 0 saturated carbocycles. The molecule has 14 nitrogen and oxygen atoms in total. The Balaban J connectivity index is 0.000000207. The standard InChI is InChI=1S/2C21H30N6.2H2O/c2*1-25-10-16-4-6-18(22-16)12-26(2)14-20-8-9-21(24-20)15-27(3)13-19-7-5-17(11-25)23-19;;/h2*4-9,22-24H,10-15H2,1-3H3;2*1H2. The van der Waals surface area contributed by atoms with Crippen molar-refractivity contribution in [3.63, 3.8) is 0 Å². The fraction of sp³-hybridized carbons (Fsp3) is 0.429. The van der Waals surface area contributed by atoms with Crippen LogP contribution in [0.25, 0.3) is 0 Å². The minimum absolute atomic E-state index is 0. The first-order valence-electron chi connectivity index (χ1n) is 19.2. The Morgan fingerprint density at radius 3 is 0.411 bits per heavy atom. The van der Waals surface area contributed by atoms with Crippen LogP contribution >= 0.6 is 0 Å². The third-order valence-electron chi connectivity index (χ3n) is 10.1. The van der Waals surface area contributed by atoms with E-state index in [1.165, 1.54) is 68.3 Å². The van der Waals surface area contributed by atoms with Crippen LogP contribution in [0.1, 0.15) is 68.3 Å². The third kappa shape index (κ3) is 12.2. The Hall–Kier alpha value is -4.64. The van der Waals surface area contributed by atoms with Crippen molar-refractivity contribution in [3.8, 4) is 0 Å². The van der Waals surface area contributed by atoms with Crippen molar-refractivity contribution >= 4 is 0 Å². The second-order valence-electron chi connectivity index (χ2n) is 16.1. The summed E-state index contributed by atoms with van der Waals surface area (Å²) in [5.74, 6) is 0. The van der Waals surface area contributed by atoms with Gasteiger partial charge < -0.3 is 40.9 Å². The molecule has 14 heteroatoms. The summed E-state index contributed by atoms with van der Waals surface area (Å²) in [6.07, 6.45) is 0. The van der Waals surface area contributed by atoms with Crippen molar-refractivity contribution in [1.29, 1.82) is 0 Å². The van der Waals surface area contributed by atoms with Crippen molar-refractivity contribution in [2.75, 3.05) is 42.3 Å². The summed E-state index contributed by atoms with van der Waals surface area (Å²) in [6.45, 7) is 11.0. The molecule has 6 aromatic heterocycles. The van der Waals surface area contributed by atoms with Gasteiger partial charge in [-0.05, 0) is 115 Å². The Morgan fingerprint density at radius 1 is 0.232 bits per heavy atom. The highest BCUT2D eigenvalue weighted by Crippen LogP contribution is 2.17. The highest BCUT2D eigenvalue weighted by Gasteiger charge is 2.13. The van der Waals surface area contributed by atoms with Crippen LogP contribution in [-0.4, -0.2) is 113 Å². The number of aromatic amines is 6. The predicted molar refractivity (Wildman–Crippen MR) is 223 cm³/mol. The molecule has 0 atom stereocenters. The van der Waals surface area contributed by atoms with Crippen LogP contribution in [0.2, 0.25) is 0 Å². The molecule has 0 radical (unpaired) electrons. The van der Waals surface area contributed by atoms with Crippen molar-refractivity contribution in [1.82, 2.24) is 59.3 Å². The van der Waals surface area contributed by atoms with Crippen molar-refractivity contribution < 1.29 is 11.0 Å². The van der Waals surface area contributed by atoms with Gasteiger partial charge in [0.25, 0.3) is 0 Å². The number of nitrogens with one attached hydrogen (secondary N) is 6. The molecular weight excluding hydrogens is 705 g/mol. The minimum atomic E-state index is 0. The zero-order chi connectivity index (χ0) is 37.6. The summed E-state index contributed by atoms with van der Waals surface area (Å²) in [6, 6.07) is 26.4. The van der Waals surface area contributed by atoms with Gasteiger partial charge in [0.05, 0.1) is 0 Å². The molecule has 12 bridgehead atoms. The lowest BCUT2D eigenvalue weighted by atomic mass is 10.3. The van der Waals surface area contributed by atoms with Gasteiger partial charge in [-0.2, -0.15) is 0 Å². The van der Waals surface area contributed by atoms with Gasteiger partial charge in [0.15, 0.2) is 0 Å². The van der Waals surface area contributed by atoms with Crippen LogP contribution in [0.15, 0.2) is 72.8 Å². The first-order chi connectivity index (χ1) is 26.1. The zero-order valence-electron chi connectivity index (χ0n) is 34.1. The topological polar surface area (TPSA) is 177 Å². The number of rotatable bonds is 0. The molecule has 0 aliphatic carbocycles. The summed E-state index contributed by atoms with van der Waals surface area (Å²) in [5.41, 5.74) is 15.1. The maximum absolute atomic E-state index is 3.57. The lowest BCUT2D eigenvalue weighted by molar-refractivity contribution is 0.298. The van der Waals surface area contributed by atoms with Crippen LogP contribution in [-0.2, 0) is 78.5 Å². The molecule has 0 spiro atoms. The number of aromatic nitrogens is 6. The van der Waals surface area contributed by atoms with Gasteiger partial charge in [0, 0.05) is 147 Å². The average molecular weight is 769 g/mol. The predicted octanol–water partition coefficient (Wildman–Crippen LogP) is 4.11. The Morgan fingerprint density at radius 2 is 0.321 bits per heavy atom. The van der Waals surface area contributed by atoms with Crippen molar-refractivity contribution in [3.05, 3.63) is 141 Å². The second kappa shape index (κ2) is 19.5. The number of nitrogens with zero attached hydrogens (tertiary/aromatic N) is 6. The molecule has 8 heterocycles. The molecule has 56 heavy (non-hydrogen) atoms. The fourth-order valence-electron chi connectivity index (χ4n) is 7.88. The molecule has 0 saturated heterocycles. The van der Waals surface area contributed by atoms with Crippen molar-refractivity contribution in [2.45, 2.75) is 78.5 Å². The third-order valence-corrected chi connectivity index (χ3v) is 10.1. The maximum Gasteiger partial charge on any atom is 0.0386 e. The zero-order valence-corrected chi connectivity index (χ0v) is 34.1. The van der Waals surface area contributed by atoms with Gasteiger partial charge in [-0.25, -0.2) is 0 Å². The summed E-state index contributed by atoms with van der Waals surface area (Å²) < 4.78 is 0. The Labute approximate surface area is 331 Å². The number of hydrogen-bond acceptors (Lipinski definition) is 6. The molecule has 2 aliphatic rings. The minimum Gasteiger partial charge on any atom is -0.412 e. The largest absolute Gasteiger partial charge is 0.412 e. The fourth-order valence-corrected chi connectivity index (χ4v) is 7.88. The highest BCUT2D eigenvalue weighted by molar-refractivity contribution is 5.19. The van der Waals surface area contributed by atoms with E-state index >= 15 is 0 Å². The molecule has 2 aliphatic heterocycles. The smallest absolute Gasteiger partial charge is 0.0386 e. The molecule has 8 rings (SSSR count). The number of hydrogen-bond donors (Lipinski definition) is 6. The normalized spacial score (nSPS) is 17.7. The molecule has 6 aromatic rings. The van der Waals surface area contributed by atoms with Crippen LogP contribution in [0.5, 0.6) is 0 Å². The molecular formula is C42H64N12O2. The quantitative estimate of drug-likeness (QED) is 0.136. The van der Waals surface area contributed by atoms with Gasteiger partial charge in [-0.1, -0.05) is 0 Å². The second-order valence-corrected chi connectivity index (χ2v) is 16.1. The molecule has 10 N–H and O–H groups in total. The van der Waals surface area contributed by atoms with Crippen LogP contribution in [0, 0.1) is 0 Å². The summed E-state index contributed by atoms with van der Waals surface area (Å²) in [5, 5.41) is 0. The van der Waals surface area contributed by atoms with Crippen LogP contribution in [0.4, 0.5) is 0 Å². The first kappa shape index (κ1) is 42.5. The first-order valence-corrected chi connectivity index (χ1v) is 19.2. The summed E-state index contributed by atoms with van der Waals surface area (Å²) in [4.78, 5) is 35.5. The number of H-pyrrole nitrogens is 6. The van der Waals surface area contributed by atoms with E-state index < -0.39 is 0 Å². The van der Waals surface area contributed by atoms with E-state index in [9.17, 15) is 0 Å². The monoisotopic (exact) mass is 769 g/mol. The van der Waals surface area contributed by atoms with Gasteiger partial charge >= 0.3 is 0 Å². The molecule has 0 fully saturated rings. The van der Waals surface area contributed by atoms with Crippen LogP contribution < -0.4 is 0 Å². The maximum atomic E-state index is 3.57. The van der Waals surface area contributed by atoms with E-state index in [1.54, 1.807) is 0 Å². The Bertz CT molecular complexity index is 1550. The SMILES string of the molecule is CN1Cc2ccc([nH]2)CN(C)Cc2ccc([nH]2)CN(C)Cc2ccc([nH]2)C1.CN1Cc2ccc([nH]2)CN(C)Cc2ccc([nH]2)CN(C)Cc2ccc([nH]2)C1.O.O. The van der Waals surface area contributed by atoms with E-state index in [-0.39, 0.29) is 11.0 Å².